The molecule has 68 valence electrons. The van der Waals surface area contributed by atoms with E-state index < -0.39 is 21.0 Å². The minimum Gasteiger partial charge on any atom is -0.319 e. The standard InChI is InChI=1S/C6H14F3NSi/c1-10(11(2,3)4)5-6(7,8)9/h5H2,1-4H3. The van der Waals surface area contributed by atoms with Crippen molar-refractivity contribution in [3.05, 3.63) is 0 Å². The van der Waals surface area contributed by atoms with Crippen LogP contribution in [0.1, 0.15) is 0 Å². The number of halogens is 3. The van der Waals surface area contributed by atoms with Crippen molar-refractivity contribution in [2.75, 3.05) is 13.6 Å². The first kappa shape index (κ1) is 11.0. The molecule has 0 aromatic rings. The van der Waals surface area contributed by atoms with E-state index in [-0.39, 0.29) is 0 Å². The molecule has 5 heteroatoms. The van der Waals surface area contributed by atoms with Gasteiger partial charge < -0.3 is 4.57 Å². The molecular weight excluding hydrogens is 171 g/mol. The highest BCUT2D eigenvalue weighted by atomic mass is 28.3. The second kappa shape index (κ2) is 3.14. The van der Waals surface area contributed by atoms with Crippen LogP contribution in [0.25, 0.3) is 0 Å². The van der Waals surface area contributed by atoms with Gasteiger partial charge in [0.05, 0.1) is 6.54 Å². The molecule has 0 amide bonds. The molecule has 0 rings (SSSR count). The molecule has 0 aliphatic heterocycles. The smallest absolute Gasteiger partial charge is 0.319 e. The van der Waals surface area contributed by atoms with Crippen LogP contribution in [-0.2, 0) is 0 Å². The molecular formula is C6H14F3NSi. The summed E-state index contributed by atoms with van der Waals surface area (Å²) >= 11 is 0. The number of hydrogen-bond donors (Lipinski definition) is 0. The lowest BCUT2D eigenvalue weighted by atomic mass is 10.6. The molecule has 0 aromatic heterocycles. The summed E-state index contributed by atoms with van der Waals surface area (Å²) in [4.78, 5) is 0. The molecule has 1 nitrogen and oxygen atoms in total. The zero-order chi connectivity index (χ0) is 9.28. The Morgan fingerprint density at radius 1 is 1.18 bits per heavy atom. The molecule has 0 aliphatic rings. The molecule has 11 heavy (non-hydrogen) atoms. The summed E-state index contributed by atoms with van der Waals surface area (Å²) < 4.78 is 36.9. The Bertz CT molecular complexity index is 127. The Morgan fingerprint density at radius 2 is 1.55 bits per heavy atom. The molecule has 0 N–H and O–H groups in total. The summed E-state index contributed by atoms with van der Waals surface area (Å²) in [5.74, 6) is 0. The average Bonchev–Trinajstić information content (AvgIpc) is 1.56. The number of rotatable bonds is 2. The lowest BCUT2D eigenvalue weighted by Gasteiger charge is -2.30. The van der Waals surface area contributed by atoms with Crippen molar-refractivity contribution in [1.82, 2.24) is 4.57 Å². The van der Waals surface area contributed by atoms with Crippen LogP contribution in [0, 0.1) is 0 Å². The first-order chi connectivity index (χ1) is 4.63. The first-order valence-corrected chi connectivity index (χ1v) is 6.85. The summed E-state index contributed by atoms with van der Waals surface area (Å²) in [6.07, 6.45) is -4.06. The third-order valence-corrected chi connectivity index (χ3v) is 4.01. The summed E-state index contributed by atoms with van der Waals surface area (Å²) in [6, 6.07) is 0. The lowest BCUT2D eigenvalue weighted by molar-refractivity contribution is -0.135. The monoisotopic (exact) mass is 185 g/mol. The van der Waals surface area contributed by atoms with Gasteiger partial charge in [-0.05, 0) is 7.05 Å². The maximum absolute atomic E-state index is 11.8. The van der Waals surface area contributed by atoms with Crippen molar-refractivity contribution in [3.63, 3.8) is 0 Å². The molecule has 0 radical (unpaired) electrons. The fraction of sp³-hybridized carbons (Fsp3) is 1.00. The number of alkyl halides is 3. The largest absolute Gasteiger partial charge is 0.400 e. The third kappa shape index (κ3) is 5.26. The average molecular weight is 185 g/mol. The normalized spacial score (nSPS) is 14.2. The van der Waals surface area contributed by atoms with E-state index >= 15 is 0 Å². The van der Waals surface area contributed by atoms with E-state index in [0.717, 1.165) is 0 Å². The van der Waals surface area contributed by atoms with Crippen LogP contribution in [0.3, 0.4) is 0 Å². The van der Waals surface area contributed by atoms with E-state index in [2.05, 4.69) is 0 Å². The predicted molar refractivity (Wildman–Crippen MR) is 42.0 cm³/mol. The SMILES string of the molecule is CN(CC(F)(F)F)[Si](C)(C)C. The van der Waals surface area contributed by atoms with Gasteiger partial charge in [0.25, 0.3) is 0 Å². The van der Waals surface area contributed by atoms with Gasteiger partial charge in [0.1, 0.15) is 8.24 Å². The minimum absolute atomic E-state index is 0.789. The zero-order valence-electron chi connectivity index (χ0n) is 7.29. The highest BCUT2D eigenvalue weighted by Crippen LogP contribution is 2.18. The first-order valence-electron chi connectivity index (χ1n) is 3.41. The second-order valence-electron chi connectivity index (χ2n) is 3.64. The van der Waals surface area contributed by atoms with Crippen LogP contribution in [-0.4, -0.2) is 32.6 Å². The van der Waals surface area contributed by atoms with Gasteiger partial charge in [-0.3, -0.25) is 0 Å². The van der Waals surface area contributed by atoms with E-state index in [1.54, 1.807) is 0 Å². The molecule has 0 aromatic carbocycles. The Morgan fingerprint density at radius 3 is 1.64 bits per heavy atom. The van der Waals surface area contributed by atoms with Crippen LogP contribution in [0.4, 0.5) is 13.2 Å². The van der Waals surface area contributed by atoms with Gasteiger partial charge in [0.15, 0.2) is 0 Å². The number of hydrogen-bond acceptors (Lipinski definition) is 1. The quantitative estimate of drug-likeness (QED) is 0.597. The van der Waals surface area contributed by atoms with Gasteiger partial charge >= 0.3 is 6.18 Å². The Hall–Kier alpha value is -0.0331. The van der Waals surface area contributed by atoms with Crippen molar-refractivity contribution in [3.8, 4) is 0 Å². The predicted octanol–water partition coefficient (Wildman–Crippen LogP) is 2.32. The van der Waals surface area contributed by atoms with E-state index in [1.165, 1.54) is 11.6 Å². The van der Waals surface area contributed by atoms with E-state index in [9.17, 15) is 13.2 Å². The van der Waals surface area contributed by atoms with E-state index in [1.807, 2.05) is 19.6 Å². The third-order valence-electron chi connectivity index (χ3n) is 1.56. The molecule has 0 fully saturated rings. The van der Waals surface area contributed by atoms with Crippen LogP contribution in [0.2, 0.25) is 19.6 Å². The molecule has 0 bridgehead atoms. The zero-order valence-corrected chi connectivity index (χ0v) is 8.29. The topological polar surface area (TPSA) is 3.24 Å². The molecule has 0 spiro atoms. The van der Waals surface area contributed by atoms with E-state index in [4.69, 9.17) is 0 Å². The van der Waals surface area contributed by atoms with Gasteiger partial charge in [-0.15, -0.1) is 0 Å². The van der Waals surface area contributed by atoms with Crippen LogP contribution in [0.5, 0.6) is 0 Å². The van der Waals surface area contributed by atoms with E-state index in [0.29, 0.717) is 0 Å². The fourth-order valence-corrected chi connectivity index (χ4v) is 1.16. The summed E-state index contributed by atoms with van der Waals surface area (Å²) in [7, 11) is -0.230. The van der Waals surface area contributed by atoms with Gasteiger partial charge in [0, 0.05) is 0 Å². The molecule has 0 saturated heterocycles. The van der Waals surface area contributed by atoms with Crippen molar-refractivity contribution in [1.29, 1.82) is 0 Å². The number of nitrogens with zero attached hydrogens (tertiary/aromatic N) is 1. The Kier molecular flexibility index (Phi) is 3.13. The second-order valence-corrected chi connectivity index (χ2v) is 8.75. The summed E-state index contributed by atoms with van der Waals surface area (Å²) in [5.41, 5.74) is 0. The van der Waals surface area contributed by atoms with Crippen LogP contribution < -0.4 is 0 Å². The van der Waals surface area contributed by atoms with Gasteiger partial charge in [-0.1, -0.05) is 19.6 Å². The minimum atomic E-state index is -4.06. The van der Waals surface area contributed by atoms with Crippen LogP contribution in [0.15, 0.2) is 0 Å². The van der Waals surface area contributed by atoms with Gasteiger partial charge in [0.2, 0.25) is 0 Å². The Balaban J connectivity index is 3.99. The highest BCUT2D eigenvalue weighted by Gasteiger charge is 2.33. The lowest BCUT2D eigenvalue weighted by Crippen LogP contribution is -2.47. The maximum atomic E-state index is 11.8. The van der Waals surface area contributed by atoms with Gasteiger partial charge in [-0.2, -0.15) is 13.2 Å². The van der Waals surface area contributed by atoms with Crippen molar-refractivity contribution < 1.29 is 13.2 Å². The molecule has 0 saturated carbocycles. The molecule has 0 heterocycles. The molecule has 0 aliphatic carbocycles. The maximum Gasteiger partial charge on any atom is 0.400 e. The fourth-order valence-electron chi connectivity index (χ4n) is 0.506. The van der Waals surface area contributed by atoms with Crippen molar-refractivity contribution in [2.45, 2.75) is 25.8 Å². The Labute approximate surface area is 66.3 Å². The van der Waals surface area contributed by atoms with Crippen LogP contribution >= 0.6 is 0 Å². The summed E-state index contributed by atoms with van der Waals surface area (Å²) in [5, 5.41) is 0. The van der Waals surface area contributed by atoms with Gasteiger partial charge in [-0.25, -0.2) is 0 Å². The molecule has 0 unspecified atom stereocenters. The van der Waals surface area contributed by atoms with Crippen molar-refractivity contribution in [2.24, 2.45) is 0 Å². The van der Waals surface area contributed by atoms with Crippen molar-refractivity contribution >= 4 is 8.24 Å². The molecule has 0 atom stereocenters. The summed E-state index contributed by atoms with van der Waals surface area (Å²) in [6.45, 7) is 4.87. The highest BCUT2D eigenvalue weighted by molar-refractivity contribution is 6.73.